The second kappa shape index (κ2) is 8.54. The number of hydrogen-bond acceptors (Lipinski definition) is 5. The number of phenolic OH excluding ortho intramolecular Hbond substituents is 1. The summed E-state index contributed by atoms with van der Waals surface area (Å²) >= 11 is 0. The first-order chi connectivity index (χ1) is 14.2. The number of hydrogen-bond donors (Lipinski definition) is 3. The first-order valence-electron chi connectivity index (χ1n) is 9.45. The van der Waals surface area contributed by atoms with E-state index in [1.807, 2.05) is 14.1 Å². The highest BCUT2D eigenvalue weighted by molar-refractivity contribution is 6.46. The van der Waals surface area contributed by atoms with Crippen LogP contribution in [0.5, 0.6) is 11.5 Å². The Morgan fingerprint density at radius 3 is 2.53 bits per heavy atom. The third-order valence-electron chi connectivity index (χ3n) is 5.00. The average Bonchev–Trinajstić information content (AvgIpc) is 2.96. The summed E-state index contributed by atoms with van der Waals surface area (Å²) in [6.07, 6.45) is 0. The fourth-order valence-electron chi connectivity index (χ4n) is 3.47. The SMILES string of the molecule is COc1ccc(C(O)=C2C(=O)C(=O)N(CC[NH+](C)C)[C@@H]2c2cccc(O)c2)cc1F. The summed E-state index contributed by atoms with van der Waals surface area (Å²) < 4.78 is 19.1. The molecule has 1 fully saturated rings. The van der Waals surface area contributed by atoms with Gasteiger partial charge in [0.05, 0.1) is 45.9 Å². The first-order valence-corrected chi connectivity index (χ1v) is 9.45. The van der Waals surface area contributed by atoms with E-state index in [2.05, 4.69) is 0 Å². The molecule has 1 atom stereocenters. The molecule has 0 saturated carbocycles. The number of likely N-dealkylation sites (tertiary alicyclic amines) is 1. The number of ketones is 1. The molecule has 1 aliphatic rings. The monoisotopic (exact) mass is 415 g/mol. The van der Waals surface area contributed by atoms with E-state index in [-0.39, 0.29) is 29.2 Å². The van der Waals surface area contributed by atoms with E-state index in [0.717, 1.165) is 11.0 Å². The molecule has 30 heavy (non-hydrogen) atoms. The highest BCUT2D eigenvalue weighted by atomic mass is 19.1. The van der Waals surface area contributed by atoms with Crippen molar-refractivity contribution in [1.29, 1.82) is 0 Å². The number of nitrogens with zero attached hydrogens (tertiary/aromatic N) is 1. The van der Waals surface area contributed by atoms with E-state index in [4.69, 9.17) is 4.74 Å². The van der Waals surface area contributed by atoms with Crippen molar-refractivity contribution in [3.63, 3.8) is 0 Å². The summed E-state index contributed by atoms with van der Waals surface area (Å²) in [5.41, 5.74) is 0.372. The number of ether oxygens (including phenoxy) is 1. The van der Waals surface area contributed by atoms with Crippen LogP contribution in [0, 0.1) is 5.82 Å². The zero-order chi connectivity index (χ0) is 22.0. The summed E-state index contributed by atoms with van der Waals surface area (Å²) in [6, 6.07) is 9.05. The van der Waals surface area contributed by atoms with Crippen molar-refractivity contribution in [2.24, 2.45) is 0 Å². The van der Waals surface area contributed by atoms with Crippen LogP contribution in [-0.2, 0) is 9.59 Å². The van der Waals surface area contributed by atoms with Gasteiger partial charge in [-0.15, -0.1) is 0 Å². The van der Waals surface area contributed by atoms with Gasteiger partial charge in [0.25, 0.3) is 11.7 Å². The molecule has 0 aromatic heterocycles. The van der Waals surface area contributed by atoms with Gasteiger partial charge in [0.2, 0.25) is 0 Å². The maximum absolute atomic E-state index is 14.2. The van der Waals surface area contributed by atoms with Crippen molar-refractivity contribution < 1.29 is 33.8 Å². The molecule has 3 N–H and O–H groups in total. The molecule has 1 heterocycles. The number of carbonyl (C=O) groups is 2. The molecule has 0 radical (unpaired) electrons. The van der Waals surface area contributed by atoms with Gasteiger partial charge < -0.3 is 24.7 Å². The van der Waals surface area contributed by atoms with Gasteiger partial charge >= 0.3 is 0 Å². The number of amides is 1. The number of quaternary nitrogens is 1. The molecule has 7 nitrogen and oxygen atoms in total. The lowest BCUT2D eigenvalue weighted by Gasteiger charge is -2.25. The van der Waals surface area contributed by atoms with E-state index in [0.29, 0.717) is 12.1 Å². The first kappa shape index (κ1) is 21.3. The number of aliphatic hydroxyl groups excluding tert-OH is 1. The molecule has 0 spiro atoms. The Morgan fingerprint density at radius 1 is 1.20 bits per heavy atom. The van der Waals surface area contributed by atoms with Crippen molar-refractivity contribution >= 4 is 17.4 Å². The fourth-order valence-corrected chi connectivity index (χ4v) is 3.47. The number of carbonyl (C=O) groups excluding carboxylic acids is 2. The van der Waals surface area contributed by atoms with Crippen molar-refractivity contribution in [3.8, 4) is 11.5 Å². The lowest BCUT2D eigenvalue weighted by molar-refractivity contribution is -0.857. The Labute approximate surface area is 173 Å². The molecule has 0 bridgehead atoms. The molecule has 0 aliphatic carbocycles. The van der Waals surface area contributed by atoms with Gasteiger partial charge in [-0.3, -0.25) is 9.59 Å². The predicted molar refractivity (Wildman–Crippen MR) is 108 cm³/mol. The van der Waals surface area contributed by atoms with Gasteiger partial charge in [0.1, 0.15) is 11.5 Å². The standard InChI is InChI=1S/C22H23FN2O5/c1-24(2)9-10-25-19(13-5-4-6-15(26)11-13)18(21(28)22(25)29)20(27)14-7-8-17(30-3)16(23)12-14/h4-8,11-12,19,26-27H,9-10H2,1-3H3/p+1/t19-/m1/s1. The molecule has 2 aromatic carbocycles. The molecule has 158 valence electrons. The lowest BCUT2D eigenvalue weighted by Crippen LogP contribution is -3.06. The number of aromatic hydroxyl groups is 1. The van der Waals surface area contributed by atoms with Crippen LogP contribution >= 0.6 is 0 Å². The van der Waals surface area contributed by atoms with Gasteiger partial charge in [0, 0.05) is 5.56 Å². The zero-order valence-electron chi connectivity index (χ0n) is 17.0. The van der Waals surface area contributed by atoms with Crippen LogP contribution in [0.2, 0.25) is 0 Å². The topological polar surface area (TPSA) is 91.5 Å². The van der Waals surface area contributed by atoms with E-state index >= 15 is 0 Å². The Balaban J connectivity index is 2.16. The molecular formula is C22H24FN2O5+. The average molecular weight is 415 g/mol. The summed E-state index contributed by atoms with van der Waals surface area (Å²) in [7, 11) is 5.15. The number of aliphatic hydroxyl groups is 1. The third-order valence-corrected chi connectivity index (χ3v) is 5.00. The minimum Gasteiger partial charge on any atom is -0.508 e. The normalized spacial score (nSPS) is 18.3. The van der Waals surface area contributed by atoms with Crippen molar-refractivity contribution in [1.82, 2.24) is 4.90 Å². The van der Waals surface area contributed by atoms with Crippen molar-refractivity contribution in [3.05, 3.63) is 65.0 Å². The molecule has 1 amide bonds. The molecule has 2 aromatic rings. The largest absolute Gasteiger partial charge is 0.508 e. The number of rotatable bonds is 6. The molecule has 1 aliphatic heterocycles. The summed E-state index contributed by atoms with van der Waals surface area (Å²) in [4.78, 5) is 28.1. The van der Waals surface area contributed by atoms with Gasteiger partial charge in [0.15, 0.2) is 11.6 Å². The van der Waals surface area contributed by atoms with E-state index in [9.17, 15) is 24.2 Å². The Bertz CT molecular complexity index is 1020. The number of Topliss-reactive ketones (excluding diaryl/α,β-unsaturated/α-hetero) is 1. The van der Waals surface area contributed by atoms with Crippen molar-refractivity contribution in [2.75, 3.05) is 34.3 Å². The van der Waals surface area contributed by atoms with Gasteiger partial charge in [-0.05, 0) is 35.9 Å². The fraction of sp³-hybridized carbons (Fsp3) is 0.273. The number of likely N-dealkylation sites (N-methyl/N-ethyl adjacent to an activating group) is 1. The third kappa shape index (κ3) is 3.99. The molecule has 3 rings (SSSR count). The Hall–Kier alpha value is -3.39. The number of phenols is 1. The van der Waals surface area contributed by atoms with Crippen LogP contribution in [-0.4, -0.2) is 61.1 Å². The maximum Gasteiger partial charge on any atom is 0.295 e. The van der Waals surface area contributed by atoms with Crippen LogP contribution in [0.25, 0.3) is 5.76 Å². The van der Waals surface area contributed by atoms with Gasteiger partial charge in [-0.2, -0.15) is 0 Å². The molecule has 8 heteroatoms. The number of nitrogens with one attached hydrogen (secondary N) is 1. The predicted octanol–water partition coefficient (Wildman–Crippen LogP) is 1.11. The molecule has 1 saturated heterocycles. The summed E-state index contributed by atoms with van der Waals surface area (Å²) in [5, 5.41) is 20.8. The second-order valence-corrected chi connectivity index (χ2v) is 7.39. The number of halogens is 1. The quantitative estimate of drug-likeness (QED) is 0.374. The zero-order valence-corrected chi connectivity index (χ0v) is 17.0. The summed E-state index contributed by atoms with van der Waals surface area (Å²) in [6.45, 7) is 0.834. The van der Waals surface area contributed by atoms with Crippen LogP contribution < -0.4 is 9.64 Å². The lowest BCUT2D eigenvalue weighted by atomic mass is 9.95. The van der Waals surface area contributed by atoms with Crippen LogP contribution in [0.4, 0.5) is 4.39 Å². The maximum atomic E-state index is 14.2. The molecular weight excluding hydrogens is 391 g/mol. The van der Waals surface area contributed by atoms with Crippen LogP contribution in [0.15, 0.2) is 48.0 Å². The minimum atomic E-state index is -0.901. The van der Waals surface area contributed by atoms with E-state index in [1.165, 1.54) is 36.3 Å². The minimum absolute atomic E-state index is 0.00880. The highest BCUT2D eigenvalue weighted by Crippen LogP contribution is 2.40. The van der Waals surface area contributed by atoms with E-state index < -0.39 is 29.3 Å². The Kier molecular flexibility index (Phi) is 6.07. The number of benzene rings is 2. The Morgan fingerprint density at radius 2 is 1.93 bits per heavy atom. The summed E-state index contributed by atoms with van der Waals surface area (Å²) in [5.74, 6) is -2.84. The second-order valence-electron chi connectivity index (χ2n) is 7.39. The molecule has 0 unspecified atom stereocenters. The highest BCUT2D eigenvalue weighted by Gasteiger charge is 2.46. The van der Waals surface area contributed by atoms with Crippen LogP contribution in [0.3, 0.4) is 0 Å². The smallest absolute Gasteiger partial charge is 0.295 e. The van der Waals surface area contributed by atoms with E-state index in [1.54, 1.807) is 12.1 Å². The van der Waals surface area contributed by atoms with Gasteiger partial charge in [-0.1, -0.05) is 12.1 Å². The number of methoxy groups -OCH3 is 1. The van der Waals surface area contributed by atoms with Crippen LogP contribution in [0.1, 0.15) is 17.2 Å². The van der Waals surface area contributed by atoms with Crippen molar-refractivity contribution in [2.45, 2.75) is 6.04 Å². The van der Waals surface area contributed by atoms with Gasteiger partial charge in [-0.25, -0.2) is 4.39 Å².